The van der Waals surface area contributed by atoms with Crippen molar-refractivity contribution < 1.29 is 26.6 Å². The average molecular weight is 458 g/mol. The molecule has 0 atom stereocenters. The van der Waals surface area contributed by atoms with E-state index in [2.05, 4.69) is 0 Å². The molecule has 0 saturated carbocycles. The van der Waals surface area contributed by atoms with Crippen molar-refractivity contribution >= 4 is 23.2 Å². The number of hydrogen-bond acceptors (Lipinski definition) is 5. The predicted molar refractivity (Wildman–Crippen MR) is 125 cm³/mol. The molecule has 2 aromatic heterocycles. The monoisotopic (exact) mass is 457 g/mol. The van der Waals surface area contributed by atoms with Crippen LogP contribution in [-0.2, 0) is 11.3 Å². The molecule has 32 heavy (non-hydrogen) atoms. The Hall–Kier alpha value is -3.06. The van der Waals surface area contributed by atoms with Crippen LogP contribution in [0.2, 0.25) is 0 Å². The molecule has 2 heterocycles. The summed E-state index contributed by atoms with van der Waals surface area (Å²) in [7, 11) is 0. The number of carboxylic acids is 1. The molecule has 3 aromatic rings. The number of nitrogens with zero attached hydrogens (tertiary/aromatic N) is 1. The number of amides is 1. The van der Waals surface area contributed by atoms with Gasteiger partial charge in [-0.3, -0.25) is 9.59 Å². The molecule has 7 heteroatoms. The summed E-state index contributed by atoms with van der Waals surface area (Å²) in [6.45, 7) is 1.77. The molecule has 0 saturated heterocycles. The number of carbonyl (C=O) groups is 2. The molecule has 1 amide bonds. The lowest BCUT2D eigenvalue weighted by Crippen LogP contribution is -2.36. The van der Waals surface area contributed by atoms with Crippen LogP contribution in [-0.4, -0.2) is 34.5 Å². The third kappa shape index (κ3) is 6.47. The smallest absolute Gasteiger partial charge is 0.303 e. The lowest BCUT2D eigenvalue weighted by molar-refractivity contribution is -0.137. The summed E-state index contributed by atoms with van der Waals surface area (Å²) in [5.41, 5.74) is 0.269. The van der Waals surface area contributed by atoms with Gasteiger partial charge in [0, 0.05) is 24.5 Å². The zero-order valence-corrected chi connectivity index (χ0v) is 19.1. The molecule has 170 valence electrons. The third-order valence-electron chi connectivity index (χ3n) is 4.74. The van der Waals surface area contributed by atoms with Crippen molar-refractivity contribution in [2.75, 3.05) is 6.61 Å². The number of furan rings is 1. The molecule has 0 fully saturated rings. The van der Waals surface area contributed by atoms with E-state index in [1.165, 1.54) is 16.2 Å². The highest BCUT2D eigenvalue weighted by atomic mass is 32.1. The van der Waals surface area contributed by atoms with Crippen molar-refractivity contribution in [3.8, 4) is 16.4 Å². The number of benzene rings is 1. The Kier molecular flexibility index (Phi) is 7.50. The molecule has 0 radical (unpaired) electrons. The first-order valence-electron chi connectivity index (χ1n) is 11.6. The topological polar surface area (TPSA) is 80.0 Å². The molecule has 0 aliphatic heterocycles. The van der Waals surface area contributed by atoms with E-state index in [1.54, 1.807) is 62.6 Å². The molecule has 1 aromatic carbocycles. The number of aliphatic carboxylic acids is 1. The first-order chi connectivity index (χ1) is 16.2. The van der Waals surface area contributed by atoms with E-state index in [0.717, 1.165) is 4.88 Å². The van der Waals surface area contributed by atoms with E-state index in [9.17, 15) is 9.59 Å². The number of thiophene rings is 1. The van der Waals surface area contributed by atoms with Crippen LogP contribution in [0.1, 0.15) is 57.5 Å². The van der Waals surface area contributed by atoms with Crippen LogP contribution in [0.4, 0.5) is 0 Å². The minimum Gasteiger partial charge on any atom is -0.493 e. The maximum Gasteiger partial charge on any atom is 0.303 e. The molecule has 6 nitrogen and oxygen atoms in total. The summed E-state index contributed by atoms with van der Waals surface area (Å²) in [6.07, 6.45) is 3.61. The Labute approximate surface area is 195 Å². The Morgan fingerprint density at radius 3 is 2.66 bits per heavy atom. The normalized spacial score (nSPS) is 12.3. The highest BCUT2D eigenvalue weighted by Gasteiger charge is 2.22. The molecule has 3 rings (SSSR count). The first-order valence-corrected chi connectivity index (χ1v) is 11.4. The van der Waals surface area contributed by atoms with Crippen molar-refractivity contribution in [1.29, 1.82) is 0 Å². The minimum atomic E-state index is -2.13. The summed E-state index contributed by atoms with van der Waals surface area (Å²) in [4.78, 5) is 26.6. The Bertz CT molecular complexity index is 1090. The van der Waals surface area contributed by atoms with E-state index in [1.807, 2.05) is 6.07 Å². The number of para-hydroxylation sites is 1. The van der Waals surface area contributed by atoms with Crippen LogP contribution in [0.15, 0.2) is 59.2 Å². The first kappa shape index (κ1) is 20.8. The van der Waals surface area contributed by atoms with Crippen LogP contribution in [0.25, 0.3) is 10.6 Å². The fraction of sp³-hybridized carbons (Fsp3) is 0.360. The van der Waals surface area contributed by atoms with Gasteiger partial charge in [-0.2, -0.15) is 0 Å². The maximum atomic E-state index is 13.5. The maximum absolute atomic E-state index is 13.5. The van der Waals surface area contributed by atoms with Crippen LogP contribution in [0.3, 0.4) is 0 Å². The molecule has 0 unspecified atom stereocenters. The fourth-order valence-corrected chi connectivity index (χ4v) is 4.00. The molecule has 0 aliphatic rings. The largest absolute Gasteiger partial charge is 0.493 e. The van der Waals surface area contributed by atoms with Crippen molar-refractivity contribution in [1.82, 2.24) is 4.90 Å². The summed E-state index contributed by atoms with van der Waals surface area (Å²) in [6, 6.07) is 13.5. The van der Waals surface area contributed by atoms with Crippen LogP contribution >= 0.6 is 11.3 Å². The molecular formula is C25H29NO5S. The molecule has 0 aliphatic carbocycles. The minimum absolute atomic E-state index is 0.120. The zero-order valence-electron chi connectivity index (χ0n) is 20.2. The molecule has 0 bridgehead atoms. The molecule has 1 N–H and O–H groups in total. The number of ether oxygens (including phenoxy) is 1. The second kappa shape index (κ2) is 11.5. The van der Waals surface area contributed by atoms with Gasteiger partial charge >= 0.3 is 5.97 Å². The van der Waals surface area contributed by atoms with Gasteiger partial charge in [-0.05, 0) is 63.4 Å². The summed E-state index contributed by atoms with van der Waals surface area (Å²) >= 11 is 1.26. The molecular weight excluding hydrogens is 426 g/mol. The lowest BCUT2D eigenvalue weighted by atomic mass is 10.1. The van der Waals surface area contributed by atoms with E-state index in [0.29, 0.717) is 42.3 Å². The van der Waals surface area contributed by atoms with E-state index >= 15 is 0 Å². The van der Waals surface area contributed by atoms with Gasteiger partial charge in [0.1, 0.15) is 11.5 Å². The summed E-state index contributed by atoms with van der Waals surface area (Å²) in [5, 5.41) is 8.74. The van der Waals surface area contributed by atoms with Gasteiger partial charge in [-0.15, -0.1) is 11.3 Å². The van der Waals surface area contributed by atoms with Crippen LogP contribution < -0.4 is 4.74 Å². The van der Waals surface area contributed by atoms with E-state index in [-0.39, 0.29) is 12.0 Å². The van der Waals surface area contributed by atoms with Crippen LogP contribution in [0.5, 0.6) is 5.75 Å². The third-order valence-corrected chi connectivity index (χ3v) is 5.82. The molecule has 0 spiro atoms. The lowest BCUT2D eigenvalue weighted by Gasteiger charge is -2.27. The van der Waals surface area contributed by atoms with Gasteiger partial charge in [0.15, 0.2) is 0 Å². The Balaban J connectivity index is 1.78. The number of carbonyl (C=O) groups excluding carboxylic acids is 1. The van der Waals surface area contributed by atoms with E-state index < -0.39 is 24.4 Å². The predicted octanol–water partition coefficient (Wildman–Crippen LogP) is 6.08. The van der Waals surface area contributed by atoms with Crippen molar-refractivity contribution in [2.24, 2.45) is 0 Å². The van der Waals surface area contributed by atoms with Gasteiger partial charge in [-0.1, -0.05) is 18.2 Å². The Morgan fingerprint density at radius 1 is 1.12 bits per heavy atom. The number of carboxylic acid groups (broad SMARTS) is 1. The van der Waals surface area contributed by atoms with Gasteiger partial charge in [0.2, 0.25) is 0 Å². The SMILES string of the molecule is [2H]C([2H])(c1ccccc1OCCCCCC(=O)O)N(C(=O)c1ccc(-c2ccco2)s1)C(C)C. The van der Waals surface area contributed by atoms with Gasteiger partial charge in [0.25, 0.3) is 5.91 Å². The number of hydrogen-bond donors (Lipinski definition) is 1. The highest BCUT2D eigenvalue weighted by molar-refractivity contribution is 7.17. The van der Waals surface area contributed by atoms with Crippen molar-refractivity contribution in [3.05, 3.63) is 65.2 Å². The van der Waals surface area contributed by atoms with Crippen LogP contribution in [0, 0.1) is 0 Å². The Morgan fingerprint density at radius 2 is 1.94 bits per heavy atom. The highest BCUT2D eigenvalue weighted by Crippen LogP contribution is 2.30. The number of unbranched alkanes of at least 4 members (excludes halogenated alkanes) is 2. The summed E-state index contributed by atoms with van der Waals surface area (Å²) < 4.78 is 29.1. The van der Waals surface area contributed by atoms with E-state index in [4.69, 9.17) is 17.0 Å². The number of rotatable bonds is 12. The second-order valence-corrected chi connectivity index (χ2v) is 8.65. The summed E-state index contributed by atoms with van der Waals surface area (Å²) in [5.74, 6) is -0.205. The van der Waals surface area contributed by atoms with Gasteiger partial charge in [0.05, 0.1) is 25.4 Å². The van der Waals surface area contributed by atoms with Gasteiger partial charge in [-0.25, -0.2) is 0 Å². The fourth-order valence-electron chi connectivity index (χ4n) is 3.09. The zero-order chi connectivity index (χ0) is 24.7. The second-order valence-electron chi connectivity index (χ2n) is 7.57. The average Bonchev–Trinajstić information content (AvgIpc) is 3.47. The standard InChI is InChI=1S/C25H29NO5S/c1-18(2)26(25(29)23-14-13-22(32-23)21-11-8-16-31-21)17-19-9-5-6-10-20(19)30-15-7-3-4-12-24(27)28/h5-6,8-11,13-14,16,18H,3-4,7,12,15,17H2,1-2H3,(H,27,28)/i17D2. The van der Waals surface area contributed by atoms with Gasteiger partial charge < -0.3 is 19.2 Å². The quantitative estimate of drug-likeness (QED) is 0.333. The van der Waals surface area contributed by atoms with Crippen molar-refractivity contribution in [3.63, 3.8) is 0 Å². The van der Waals surface area contributed by atoms with Crippen molar-refractivity contribution in [2.45, 2.75) is 52.1 Å².